The van der Waals surface area contributed by atoms with Gasteiger partial charge in [-0.3, -0.25) is 4.79 Å². The van der Waals surface area contributed by atoms with Crippen LogP contribution in [0.2, 0.25) is 0 Å². The lowest BCUT2D eigenvalue weighted by Gasteiger charge is -2.42. The van der Waals surface area contributed by atoms with Crippen molar-refractivity contribution >= 4 is 17.7 Å². The van der Waals surface area contributed by atoms with Gasteiger partial charge in [0, 0.05) is 5.25 Å². The van der Waals surface area contributed by atoms with Crippen LogP contribution in [0, 0.1) is 23.2 Å². The molecular weight excluding hydrogens is 268 g/mol. The van der Waals surface area contributed by atoms with Gasteiger partial charge in [0.1, 0.15) is 0 Å². The van der Waals surface area contributed by atoms with Crippen molar-refractivity contribution in [1.82, 2.24) is 0 Å². The Morgan fingerprint density at radius 3 is 2.50 bits per heavy atom. The van der Waals surface area contributed by atoms with Crippen molar-refractivity contribution in [2.24, 2.45) is 23.2 Å². The summed E-state index contributed by atoms with van der Waals surface area (Å²) in [6, 6.07) is 0. The summed E-state index contributed by atoms with van der Waals surface area (Å²) in [5.41, 5.74) is 0.346. The van der Waals surface area contributed by atoms with Crippen LogP contribution in [0.15, 0.2) is 0 Å². The third-order valence-corrected chi connectivity index (χ3v) is 7.13. The summed E-state index contributed by atoms with van der Waals surface area (Å²) < 4.78 is 0. The molecule has 2 nitrogen and oxygen atoms in total. The first kappa shape index (κ1) is 17.9. The number of carbonyl (C=O) groups is 1. The Morgan fingerprint density at radius 1 is 1.35 bits per heavy atom. The van der Waals surface area contributed by atoms with E-state index in [2.05, 4.69) is 34.6 Å². The average Bonchev–Trinajstić information content (AvgIpc) is 2.44. The molecule has 4 unspecified atom stereocenters. The summed E-state index contributed by atoms with van der Waals surface area (Å²) in [6.45, 7) is 11.4. The number of carboxylic acid groups (broad SMARTS) is 1. The van der Waals surface area contributed by atoms with Gasteiger partial charge in [-0.25, -0.2) is 0 Å². The molecule has 0 aliphatic heterocycles. The minimum Gasteiger partial charge on any atom is -0.481 e. The summed E-state index contributed by atoms with van der Waals surface area (Å²) >= 11 is 1.92. The summed E-state index contributed by atoms with van der Waals surface area (Å²) in [5.74, 6) is 1.75. The van der Waals surface area contributed by atoms with Gasteiger partial charge in [-0.2, -0.15) is 11.8 Å². The smallest absolute Gasteiger partial charge is 0.307 e. The van der Waals surface area contributed by atoms with E-state index in [1.807, 2.05) is 11.8 Å². The molecule has 1 N–H and O–H groups in total. The van der Waals surface area contributed by atoms with Gasteiger partial charge in [0.15, 0.2) is 0 Å². The van der Waals surface area contributed by atoms with Gasteiger partial charge in [-0.15, -0.1) is 0 Å². The Kier molecular flexibility index (Phi) is 6.90. The summed E-state index contributed by atoms with van der Waals surface area (Å²) in [6.07, 6.45) is 5.39. The first-order valence-corrected chi connectivity index (χ1v) is 9.21. The third-order valence-electron chi connectivity index (χ3n) is 5.42. The van der Waals surface area contributed by atoms with Crippen molar-refractivity contribution in [3.05, 3.63) is 0 Å². The normalized spacial score (nSPS) is 29.1. The fourth-order valence-corrected chi connectivity index (χ4v) is 4.66. The van der Waals surface area contributed by atoms with Crippen LogP contribution in [0.25, 0.3) is 0 Å². The van der Waals surface area contributed by atoms with Gasteiger partial charge in [0.2, 0.25) is 0 Å². The molecule has 3 heteroatoms. The van der Waals surface area contributed by atoms with Crippen LogP contribution in [-0.4, -0.2) is 22.1 Å². The molecule has 1 aliphatic carbocycles. The molecule has 1 fully saturated rings. The predicted molar refractivity (Wildman–Crippen MR) is 88.2 cm³/mol. The van der Waals surface area contributed by atoms with Crippen molar-refractivity contribution in [3.63, 3.8) is 0 Å². The number of hydrogen-bond acceptors (Lipinski definition) is 2. The van der Waals surface area contributed by atoms with Crippen LogP contribution in [0.5, 0.6) is 0 Å². The van der Waals surface area contributed by atoms with Crippen molar-refractivity contribution in [2.45, 2.75) is 72.0 Å². The van der Waals surface area contributed by atoms with Gasteiger partial charge in [-0.05, 0) is 42.3 Å². The van der Waals surface area contributed by atoms with E-state index in [1.54, 1.807) is 0 Å². The van der Waals surface area contributed by atoms with E-state index < -0.39 is 5.97 Å². The summed E-state index contributed by atoms with van der Waals surface area (Å²) in [4.78, 5) is 11.5. The maximum Gasteiger partial charge on any atom is 0.307 e. The van der Waals surface area contributed by atoms with Crippen LogP contribution in [0.1, 0.15) is 66.7 Å². The van der Waals surface area contributed by atoms with Crippen molar-refractivity contribution < 1.29 is 9.90 Å². The van der Waals surface area contributed by atoms with E-state index in [0.717, 1.165) is 25.0 Å². The van der Waals surface area contributed by atoms with Crippen LogP contribution in [-0.2, 0) is 4.79 Å². The quantitative estimate of drug-likeness (QED) is 0.713. The monoisotopic (exact) mass is 300 g/mol. The Balaban J connectivity index is 2.69. The average molecular weight is 301 g/mol. The Labute approximate surface area is 129 Å². The zero-order chi connectivity index (χ0) is 15.3. The van der Waals surface area contributed by atoms with Crippen LogP contribution in [0.3, 0.4) is 0 Å². The van der Waals surface area contributed by atoms with E-state index >= 15 is 0 Å². The number of aliphatic carboxylic acids is 1. The number of hydrogen-bond donors (Lipinski definition) is 1. The molecule has 0 aromatic rings. The fraction of sp³-hybridized carbons (Fsp3) is 0.941. The van der Waals surface area contributed by atoms with Gasteiger partial charge >= 0.3 is 5.97 Å². The zero-order valence-electron chi connectivity index (χ0n) is 13.8. The first-order valence-electron chi connectivity index (χ1n) is 8.16. The van der Waals surface area contributed by atoms with Crippen LogP contribution < -0.4 is 0 Å². The summed E-state index contributed by atoms with van der Waals surface area (Å²) in [7, 11) is 0. The second-order valence-corrected chi connectivity index (χ2v) is 8.45. The van der Waals surface area contributed by atoms with Crippen molar-refractivity contribution in [3.8, 4) is 0 Å². The molecule has 0 amide bonds. The molecular formula is C17H32O2S. The highest BCUT2D eigenvalue weighted by molar-refractivity contribution is 7.99. The van der Waals surface area contributed by atoms with Crippen LogP contribution in [0.4, 0.5) is 0 Å². The van der Waals surface area contributed by atoms with Gasteiger partial charge < -0.3 is 5.11 Å². The molecule has 1 rings (SSSR count). The molecule has 4 atom stereocenters. The highest BCUT2D eigenvalue weighted by Gasteiger charge is 2.40. The third kappa shape index (κ3) is 4.68. The highest BCUT2D eigenvalue weighted by atomic mass is 32.2. The van der Waals surface area contributed by atoms with E-state index in [0.29, 0.717) is 22.5 Å². The lowest BCUT2D eigenvalue weighted by molar-refractivity contribution is -0.143. The second kappa shape index (κ2) is 7.72. The lowest BCUT2D eigenvalue weighted by atomic mass is 9.67. The van der Waals surface area contributed by atoms with Crippen molar-refractivity contribution in [2.75, 3.05) is 5.75 Å². The zero-order valence-corrected chi connectivity index (χ0v) is 14.6. The number of rotatable bonds is 7. The molecule has 0 spiro atoms. The Bertz CT molecular complexity index is 314. The topological polar surface area (TPSA) is 37.3 Å². The largest absolute Gasteiger partial charge is 0.481 e. The molecule has 1 saturated carbocycles. The Morgan fingerprint density at radius 2 is 2.00 bits per heavy atom. The van der Waals surface area contributed by atoms with E-state index in [-0.39, 0.29) is 5.92 Å². The molecule has 1 aliphatic rings. The minimum absolute atomic E-state index is 0.132. The second-order valence-electron chi connectivity index (χ2n) is 7.18. The number of carboxylic acids is 1. The predicted octanol–water partition coefficient (Wildman–Crippen LogP) is 5.07. The maximum absolute atomic E-state index is 11.5. The molecule has 0 saturated heterocycles. The number of thioether (sulfide) groups is 1. The molecule has 0 aromatic carbocycles. The maximum atomic E-state index is 11.5. The van der Waals surface area contributed by atoms with E-state index in [1.165, 1.54) is 12.8 Å². The standard InChI is InChI=1S/C17H32O2S/c1-6-12(3)11-20-15-10-13(17(4,5)7-2)8-9-14(15)16(18)19/h12-15H,6-11H2,1-5H3,(H,18,19). The van der Waals surface area contributed by atoms with E-state index in [9.17, 15) is 9.90 Å². The molecule has 0 bridgehead atoms. The SMILES string of the molecule is CCC(C)CSC1CC(C(C)(C)CC)CCC1C(=O)O. The van der Waals surface area contributed by atoms with Crippen LogP contribution >= 0.6 is 11.8 Å². The molecule has 0 radical (unpaired) electrons. The van der Waals surface area contributed by atoms with Crippen molar-refractivity contribution in [1.29, 1.82) is 0 Å². The molecule has 0 heterocycles. The Hall–Kier alpha value is -0.180. The molecule has 0 aromatic heterocycles. The highest BCUT2D eigenvalue weighted by Crippen LogP contribution is 2.46. The molecule has 20 heavy (non-hydrogen) atoms. The van der Waals surface area contributed by atoms with E-state index in [4.69, 9.17) is 0 Å². The van der Waals surface area contributed by atoms with Gasteiger partial charge in [0.25, 0.3) is 0 Å². The fourth-order valence-electron chi connectivity index (χ4n) is 3.00. The summed E-state index contributed by atoms with van der Waals surface area (Å²) in [5, 5.41) is 9.78. The first-order chi connectivity index (χ1) is 9.31. The molecule has 118 valence electrons. The lowest BCUT2D eigenvalue weighted by Crippen LogP contribution is -2.38. The van der Waals surface area contributed by atoms with Gasteiger partial charge in [-0.1, -0.05) is 47.5 Å². The van der Waals surface area contributed by atoms with Gasteiger partial charge in [0.05, 0.1) is 5.92 Å². The minimum atomic E-state index is -0.584.